The van der Waals surface area contributed by atoms with E-state index in [2.05, 4.69) is 4.99 Å². The van der Waals surface area contributed by atoms with Crippen molar-refractivity contribution in [1.82, 2.24) is 0 Å². The maximum atomic E-state index is 12.3. The fourth-order valence-electron chi connectivity index (χ4n) is 2.34. The quantitative estimate of drug-likeness (QED) is 0.769. The third-order valence-corrected chi connectivity index (χ3v) is 3.22. The lowest BCUT2D eigenvalue weighted by Crippen LogP contribution is -2.35. The monoisotopic (exact) mass is 230 g/mol. The number of hydrogen-bond donors (Lipinski definition) is 0. The molecule has 0 spiro atoms. The van der Waals surface area contributed by atoms with Crippen LogP contribution in [0.2, 0.25) is 0 Å². The predicted octanol–water partition coefficient (Wildman–Crippen LogP) is 2.85. The van der Waals surface area contributed by atoms with Gasteiger partial charge < -0.3 is 0 Å². The van der Waals surface area contributed by atoms with Crippen molar-refractivity contribution in [3.63, 3.8) is 0 Å². The number of para-hydroxylation sites is 1. The summed E-state index contributed by atoms with van der Waals surface area (Å²) in [5, 5.41) is 0. The summed E-state index contributed by atoms with van der Waals surface area (Å²) in [6, 6.07) is 5.87. The van der Waals surface area contributed by atoms with E-state index in [0.717, 1.165) is 29.1 Å². The molecule has 0 aromatic heterocycles. The van der Waals surface area contributed by atoms with Crippen molar-refractivity contribution in [3.05, 3.63) is 29.3 Å². The molecule has 3 nitrogen and oxygen atoms in total. The number of amides is 1. The largest absolute Gasteiger partial charge is 0.272 e. The summed E-state index contributed by atoms with van der Waals surface area (Å²) in [6.45, 7) is 7.96. The van der Waals surface area contributed by atoms with E-state index >= 15 is 0 Å². The number of carbonyl (C=O) groups is 1. The van der Waals surface area contributed by atoms with Crippen LogP contribution >= 0.6 is 0 Å². The number of benzene rings is 1. The average Bonchev–Trinajstić information content (AvgIpc) is 2.56. The van der Waals surface area contributed by atoms with Gasteiger partial charge in [0, 0.05) is 0 Å². The Hall–Kier alpha value is -1.64. The lowest BCUT2D eigenvalue weighted by atomic mass is 10.1. The van der Waals surface area contributed by atoms with Crippen LogP contribution in [0.25, 0.3) is 0 Å². The Bertz CT molecular complexity index is 471. The summed E-state index contributed by atoms with van der Waals surface area (Å²) in [6.07, 6.45) is 0.762. The Kier molecular flexibility index (Phi) is 3.01. The van der Waals surface area contributed by atoms with Gasteiger partial charge in [-0.2, -0.15) is 0 Å². The zero-order valence-corrected chi connectivity index (χ0v) is 10.8. The van der Waals surface area contributed by atoms with Crippen LogP contribution in [0.5, 0.6) is 0 Å². The zero-order chi connectivity index (χ0) is 12.6. The van der Waals surface area contributed by atoms with Gasteiger partial charge in [0.25, 0.3) is 5.91 Å². The molecule has 0 bridgehead atoms. The topological polar surface area (TPSA) is 32.7 Å². The SMILES string of the molecule is CCC1N=C(C)N(c2c(C)cccc2C)C1=O. The van der Waals surface area contributed by atoms with E-state index in [1.807, 2.05) is 45.9 Å². The molecule has 1 amide bonds. The van der Waals surface area contributed by atoms with Crippen molar-refractivity contribution in [3.8, 4) is 0 Å². The van der Waals surface area contributed by atoms with Crippen molar-refractivity contribution < 1.29 is 4.79 Å². The van der Waals surface area contributed by atoms with Gasteiger partial charge in [0.05, 0.1) is 5.69 Å². The van der Waals surface area contributed by atoms with E-state index in [4.69, 9.17) is 0 Å². The summed E-state index contributed by atoms with van der Waals surface area (Å²) in [5.74, 6) is 0.904. The van der Waals surface area contributed by atoms with Crippen molar-refractivity contribution in [2.45, 2.75) is 40.2 Å². The van der Waals surface area contributed by atoms with E-state index in [1.54, 1.807) is 4.90 Å². The highest BCUT2D eigenvalue weighted by molar-refractivity contribution is 6.22. The molecule has 1 aliphatic heterocycles. The van der Waals surface area contributed by atoms with Crippen LogP contribution in [0.15, 0.2) is 23.2 Å². The van der Waals surface area contributed by atoms with Crippen molar-refractivity contribution in [1.29, 1.82) is 0 Å². The summed E-state index contributed by atoms with van der Waals surface area (Å²) < 4.78 is 0. The number of rotatable bonds is 2. The van der Waals surface area contributed by atoms with Gasteiger partial charge in [-0.3, -0.25) is 14.7 Å². The maximum absolute atomic E-state index is 12.3. The van der Waals surface area contributed by atoms with Crippen LogP contribution in [0.4, 0.5) is 5.69 Å². The van der Waals surface area contributed by atoms with Crippen LogP contribution in [0.3, 0.4) is 0 Å². The van der Waals surface area contributed by atoms with Gasteiger partial charge in [-0.05, 0) is 38.3 Å². The molecule has 1 atom stereocenters. The molecular formula is C14H18N2O. The van der Waals surface area contributed by atoms with E-state index < -0.39 is 0 Å². The smallest absolute Gasteiger partial charge is 0.257 e. The zero-order valence-electron chi connectivity index (χ0n) is 10.8. The number of aliphatic imine (C=N–C) groups is 1. The highest BCUT2D eigenvalue weighted by atomic mass is 16.2. The Labute approximate surface area is 102 Å². The summed E-state index contributed by atoms with van der Waals surface area (Å²) in [5.41, 5.74) is 3.23. The molecule has 0 saturated heterocycles. The van der Waals surface area contributed by atoms with Gasteiger partial charge in [-0.1, -0.05) is 25.1 Å². The van der Waals surface area contributed by atoms with E-state index in [0.29, 0.717) is 0 Å². The molecule has 0 aliphatic carbocycles. The van der Waals surface area contributed by atoms with Crippen molar-refractivity contribution in [2.24, 2.45) is 4.99 Å². The highest BCUT2D eigenvalue weighted by Gasteiger charge is 2.33. The van der Waals surface area contributed by atoms with Crippen LogP contribution in [-0.2, 0) is 4.79 Å². The Morgan fingerprint density at radius 2 is 1.82 bits per heavy atom. The molecule has 2 rings (SSSR count). The molecule has 1 aliphatic rings. The van der Waals surface area contributed by atoms with Gasteiger partial charge in [0.2, 0.25) is 0 Å². The Morgan fingerprint density at radius 1 is 1.24 bits per heavy atom. The number of aryl methyl sites for hydroxylation is 2. The number of anilines is 1. The number of nitrogens with zero attached hydrogens (tertiary/aromatic N) is 2. The fourth-order valence-corrected chi connectivity index (χ4v) is 2.34. The maximum Gasteiger partial charge on any atom is 0.257 e. The summed E-state index contributed by atoms with van der Waals surface area (Å²) in [4.78, 5) is 18.4. The molecule has 1 unspecified atom stereocenters. The molecule has 0 fully saturated rings. The van der Waals surface area contributed by atoms with Gasteiger partial charge >= 0.3 is 0 Å². The fraction of sp³-hybridized carbons (Fsp3) is 0.429. The Morgan fingerprint density at radius 3 is 2.29 bits per heavy atom. The van der Waals surface area contributed by atoms with Crippen molar-refractivity contribution >= 4 is 17.4 Å². The molecule has 0 N–H and O–H groups in total. The minimum Gasteiger partial charge on any atom is -0.272 e. The van der Waals surface area contributed by atoms with E-state index in [9.17, 15) is 4.79 Å². The summed E-state index contributed by atoms with van der Waals surface area (Å²) >= 11 is 0. The second kappa shape index (κ2) is 4.32. The molecule has 17 heavy (non-hydrogen) atoms. The second-order valence-electron chi connectivity index (χ2n) is 4.51. The third-order valence-electron chi connectivity index (χ3n) is 3.22. The van der Waals surface area contributed by atoms with Gasteiger partial charge in [0.15, 0.2) is 0 Å². The van der Waals surface area contributed by atoms with Crippen LogP contribution < -0.4 is 4.90 Å². The third kappa shape index (κ3) is 1.86. The first-order valence-electron chi connectivity index (χ1n) is 6.00. The first-order valence-corrected chi connectivity index (χ1v) is 6.00. The van der Waals surface area contributed by atoms with Crippen LogP contribution in [0, 0.1) is 13.8 Å². The van der Waals surface area contributed by atoms with Gasteiger partial charge in [-0.15, -0.1) is 0 Å². The van der Waals surface area contributed by atoms with E-state index in [1.165, 1.54) is 0 Å². The lowest BCUT2D eigenvalue weighted by molar-refractivity contribution is -0.118. The molecule has 90 valence electrons. The minimum atomic E-state index is -0.200. The molecule has 3 heteroatoms. The van der Waals surface area contributed by atoms with E-state index in [-0.39, 0.29) is 11.9 Å². The van der Waals surface area contributed by atoms with Gasteiger partial charge in [0.1, 0.15) is 11.9 Å². The van der Waals surface area contributed by atoms with Crippen LogP contribution in [0.1, 0.15) is 31.4 Å². The average molecular weight is 230 g/mol. The molecule has 1 heterocycles. The lowest BCUT2D eigenvalue weighted by Gasteiger charge is -2.21. The summed E-state index contributed by atoms with van der Waals surface area (Å²) in [7, 11) is 0. The van der Waals surface area contributed by atoms with Crippen molar-refractivity contribution in [2.75, 3.05) is 4.90 Å². The molecule has 0 saturated carbocycles. The van der Waals surface area contributed by atoms with Gasteiger partial charge in [-0.25, -0.2) is 0 Å². The minimum absolute atomic E-state index is 0.0994. The number of amidine groups is 1. The first kappa shape index (κ1) is 11.8. The Balaban J connectivity index is 2.49. The molecule has 1 aromatic rings. The van der Waals surface area contributed by atoms with Crippen LogP contribution in [-0.4, -0.2) is 17.8 Å². The molecular weight excluding hydrogens is 212 g/mol. The number of carbonyl (C=O) groups excluding carboxylic acids is 1. The second-order valence-corrected chi connectivity index (χ2v) is 4.51. The standard InChI is InChI=1S/C14H18N2O/c1-5-12-14(17)16(11(4)15-12)13-9(2)7-6-8-10(13)3/h6-8,12H,5H2,1-4H3. The highest BCUT2D eigenvalue weighted by Crippen LogP contribution is 2.29. The normalized spacial score (nSPS) is 19.8. The number of hydrogen-bond acceptors (Lipinski definition) is 2. The molecule has 0 radical (unpaired) electrons. The molecule has 1 aromatic carbocycles. The first-order chi connectivity index (χ1) is 8.06. The predicted molar refractivity (Wildman–Crippen MR) is 70.6 cm³/mol.